The maximum atomic E-state index is 15.0. The lowest BCUT2D eigenvalue weighted by atomic mass is 9.94. The van der Waals surface area contributed by atoms with Gasteiger partial charge in [0.2, 0.25) is 11.8 Å². The van der Waals surface area contributed by atoms with Crippen molar-refractivity contribution in [2.75, 3.05) is 63.6 Å². The van der Waals surface area contributed by atoms with Gasteiger partial charge in [-0.25, -0.2) is 19.2 Å². The van der Waals surface area contributed by atoms with Crippen molar-refractivity contribution in [1.29, 1.82) is 0 Å². The molecule has 1 aromatic heterocycles. The van der Waals surface area contributed by atoms with E-state index in [4.69, 9.17) is 5.73 Å². The number of halogens is 2. The van der Waals surface area contributed by atoms with Gasteiger partial charge in [0, 0.05) is 51.2 Å². The Kier molecular flexibility index (Phi) is 7.59. The summed E-state index contributed by atoms with van der Waals surface area (Å²) in [7, 11) is 4.07. The molecule has 0 aromatic carbocycles. The molecule has 5 rings (SSSR count). The second-order valence-corrected chi connectivity index (χ2v) is 10.7. The number of likely N-dealkylation sites (N-methyl/N-ethyl adjacent to an activating group) is 1. The van der Waals surface area contributed by atoms with Gasteiger partial charge < -0.3 is 25.8 Å². The average molecular weight is 522 g/mol. The van der Waals surface area contributed by atoms with Crippen LogP contribution in [0.15, 0.2) is 12.4 Å². The first kappa shape index (κ1) is 26.2. The molecule has 5 heterocycles. The van der Waals surface area contributed by atoms with Crippen LogP contribution in [0.1, 0.15) is 19.3 Å². The van der Waals surface area contributed by atoms with Gasteiger partial charge in [-0.3, -0.25) is 19.9 Å². The van der Waals surface area contributed by atoms with E-state index in [1.54, 1.807) is 5.01 Å². The highest BCUT2D eigenvalue weighted by molar-refractivity contribution is 5.96. The minimum atomic E-state index is -1.06. The monoisotopic (exact) mass is 521 g/mol. The number of anilines is 2. The fourth-order valence-electron chi connectivity index (χ4n) is 6.01. The number of rotatable bonds is 5. The molecule has 0 spiro atoms. The second kappa shape index (κ2) is 10.7. The predicted molar refractivity (Wildman–Crippen MR) is 134 cm³/mol. The highest BCUT2D eigenvalue weighted by atomic mass is 19.1. The number of nitrogens with zero attached hydrogens (tertiary/aromatic N) is 5. The van der Waals surface area contributed by atoms with E-state index in [2.05, 4.69) is 25.9 Å². The van der Waals surface area contributed by atoms with Gasteiger partial charge in [0.25, 0.3) is 0 Å². The number of carbonyl (C=O) groups excluding carboxylic acids is 2. The van der Waals surface area contributed by atoms with Crippen molar-refractivity contribution in [2.45, 2.75) is 43.8 Å². The van der Waals surface area contributed by atoms with Crippen molar-refractivity contribution in [3.8, 4) is 0 Å². The van der Waals surface area contributed by atoms with Gasteiger partial charge in [-0.1, -0.05) is 0 Å². The third kappa shape index (κ3) is 5.28. The lowest BCUT2D eigenvalue weighted by Crippen LogP contribution is -2.58. The van der Waals surface area contributed by atoms with Crippen LogP contribution in [0.5, 0.6) is 0 Å². The van der Waals surface area contributed by atoms with Crippen molar-refractivity contribution < 1.29 is 18.4 Å². The van der Waals surface area contributed by atoms with E-state index in [0.717, 1.165) is 25.7 Å². The minimum absolute atomic E-state index is 0.0923. The molecule has 4 saturated heterocycles. The molecule has 204 valence electrons. The van der Waals surface area contributed by atoms with Gasteiger partial charge >= 0.3 is 0 Å². The zero-order valence-corrected chi connectivity index (χ0v) is 21.4. The number of pyridine rings is 1. The average Bonchev–Trinajstić information content (AvgIpc) is 3.48. The quantitative estimate of drug-likeness (QED) is 0.407. The maximum absolute atomic E-state index is 15.0. The Hall–Kier alpha value is -2.45. The summed E-state index contributed by atoms with van der Waals surface area (Å²) in [6.07, 6.45) is 2.51. The van der Waals surface area contributed by atoms with Crippen LogP contribution < -0.4 is 26.7 Å². The number of hydrogen-bond acceptors (Lipinski definition) is 9. The van der Waals surface area contributed by atoms with Gasteiger partial charge in [0.15, 0.2) is 5.82 Å². The Bertz CT molecular complexity index is 1010. The first-order valence-electron chi connectivity index (χ1n) is 13.0. The predicted octanol–water partition coefficient (Wildman–Crippen LogP) is -0.473. The molecule has 11 nitrogen and oxygen atoms in total. The normalized spacial score (nSPS) is 31.1. The highest BCUT2D eigenvalue weighted by Gasteiger charge is 2.47. The van der Waals surface area contributed by atoms with Gasteiger partial charge in [-0.15, -0.1) is 0 Å². The summed E-state index contributed by atoms with van der Waals surface area (Å²) < 4.78 is 28.8. The lowest BCUT2D eigenvalue weighted by molar-refractivity contribution is -0.135. The summed E-state index contributed by atoms with van der Waals surface area (Å²) in [5.41, 5.74) is 9.62. The Morgan fingerprint density at radius 3 is 2.62 bits per heavy atom. The highest BCUT2D eigenvalue weighted by Crippen LogP contribution is 2.34. The van der Waals surface area contributed by atoms with E-state index < -0.39 is 36.1 Å². The largest absolute Gasteiger partial charge is 0.367 e. The van der Waals surface area contributed by atoms with Crippen LogP contribution in [0, 0.1) is 17.7 Å². The first-order chi connectivity index (χ1) is 17.7. The summed E-state index contributed by atoms with van der Waals surface area (Å²) >= 11 is 0. The third-order valence-corrected chi connectivity index (χ3v) is 8.12. The number of fused-ring (bicyclic) bond motifs is 1. The Balaban J connectivity index is 1.23. The van der Waals surface area contributed by atoms with Crippen LogP contribution in [0.3, 0.4) is 0 Å². The lowest BCUT2D eigenvalue weighted by Gasteiger charge is -2.36. The fraction of sp³-hybridized carbons (Fsp3) is 0.708. The molecule has 2 amide bonds. The van der Waals surface area contributed by atoms with E-state index in [1.165, 1.54) is 6.20 Å². The molecule has 13 heteroatoms. The number of aromatic nitrogens is 1. The van der Waals surface area contributed by atoms with Crippen LogP contribution in [-0.2, 0) is 9.59 Å². The van der Waals surface area contributed by atoms with Crippen molar-refractivity contribution in [3.63, 3.8) is 0 Å². The molecular weight excluding hydrogens is 484 g/mol. The molecule has 4 aliphatic rings. The Morgan fingerprint density at radius 2 is 1.92 bits per heavy atom. The van der Waals surface area contributed by atoms with E-state index in [-0.39, 0.29) is 36.3 Å². The number of amides is 2. The van der Waals surface area contributed by atoms with Crippen LogP contribution in [-0.4, -0.2) is 110 Å². The number of likely N-dealkylation sites (tertiary alicyclic amines) is 1. The molecular formula is C24H37F2N9O2. The number of nitrogens with two attached hydrogens (primary N) is 1. The van der Waals surface area contributed by atoms with Gasteiger partial charge in [0.1, 0.15) is 11.9 Å². The number of alkyl halides is 1. The topological polar surface area (TPSA) is 122 Å². The number of hydrazine groups is 1. The van der Waals surface area contributed by atoms with Crippen LogP contribution in [0.25, 0.3) is 0 Å². The van der Waals surface area contributed by atoms with Crippen molar-refractivity contribution >= 4 is 23.2 Å². The molecule has 5 atom stereocenters. The fourth-order valence-corrected chi connectivity index (χ4v) is 6.01. The molecule has 0 aliphatic carbocycles. The van der Waals surface area contributed by atoms with Crippen LogP contribution in [0.4, 0.5) is 20.2 Å². The first-order valence-corrected chi connectivity index (χ1v) is 13.0. The van der Waals surface area contributed by atoms with E-state index in [0.29, 0.717) is 32.0 Å². The molecule has 37 heavy (non-hydrogen) atoms. The summed E-state index contributed by atoms with van der Waals surface area (Å²) in [4.78, 5) is 36.3. The van der Waals surface area contributed by atoms with Crippen LogP contribution in [0.2, 0.25) is 0 Å². The molecule has 5 N–H and O–H groups in total. The second-order valence-electron chi connectivity index (χ2n) is 10.7. The molecule has 0 radical (unpaired) electrons. The van der Waals surface area contributed by atoms with E-state index in [1.807, 2.05) is 23.9 Å². The molecule has 0 bridgehead atoms. The standard InChI is InChI=1S/C24H37F2N9O2/c1-32(2)16-5-8-34(13-16)24(37)14-3-6-33(7-4-14)20-17(26)10-28-11-18(20)30-23(36)19-21(27)31-35-12-15(25)9-29-22(19)35/h10-11,14-16,19,21-22,29,31H,3-9,12-13,27H2,1-2H3,(H,30,36)/t15?,16-,19?,21?,22?/m1/s1. The summed E-state index contributed by atoms with van der Waals surface area (Å²) in [6, 6.07) is 0.388. The zero-order chi connectivity index (χ0) is 26.3. The van der Waals surface area contributed by atoms with Gasteiger partial charge in [0.05, 0.1) is 36.3 Å². The number of nitrogens with one attached hydrogen (secondary N) is 3. The zero-order valence-electron chi connectivity index (χ0n) is 21.4. The molecule has 4 unspecified atom stereocenters. The SMILES string of the molecule is CN(C)[C@@H]1CCN(C(=O)C2CCN(c3c(F)cncc3NC(=O)C3C(N)NN4CC(F)CNC34)CC2)C1. The summed E-state index contributed by atoms with van der Waals surface area (Å²) in [5, 5.41) is 7.45. The Labute approximate surface area is 215 Å². The summed E-state index contributed by atoms with van der Waals surface area (Å²) in [5.74, 6) is -1.57. The van der Waals surface area contributed by atoms with Crippen molar-refractivity contribution in [1.82, 2.24) is 30.5 Å². The molecule has 0 saturated carbocycles. The van der Waals surface area contributed by atoms with E-state index in [9.17, 15) is 14.0 Å². The Morgan fingerprint density at radius 1 is 1.16 bits per heavy atom. The molecule has 4 aliphatic heterocycles. The number of carbonyl (C=O) groups is 2. The van der Waals surface area contributed by atoms with Crippen LogP contribution >= 0.6 is 0 Å². The van der Waals surface area contributed by atoms with Gasteiger partial charge in [-0.2, -0.15) is 0 Å². The maximum Gasteiger partial charge on any atom is 0.233 e. The number of hydrogen-bond donors (Lipinski definition) is 4. The summed E-state index contributed by atoms with van der Waals surface area (Å²) in [6.45, 7) is 2.76. The molecule has 1 aromatic rings. The molecule has 4 fully saturated rings. The third-order valence-electron chi connectivity index (χ3n) is 8.12. The van der Waals surface area contributed by atoms with Gasteiger partial charge in [-0.05, 0) is 33.4 Å². The minimum Gasteiger partial charge on any atom is -0.367 e. The van der Waals surface area contributed by atoms with E-state index >= 15 is 4.39 Å². The van der Waals surface area contributed by atoms with Crippen molar-refractivity contribution in [2.24, 2.45) is 17.6 Å². The smallest absolute Gasteiger partial charge is 0.233 e. The number of piperidine rings is 1. The van der Waals surface area contributed by atoms with Crippen molar-refractivity contribution in [3.05, 3.63) is 18.2 Å².